The summed E-state index contributed by atoms with van der Waals surface area (Å²) in [7, 11) is 0. The normalized spacial score (nSPS) is 16.8. The maximum Gasteiger partial charge on any atom is 0.303 e. The number of aryl methyl sites for hydroxylation is 1. The summed E-state index contributed by atoms with van der Waals surface area (Å²) in [6, 6.07) is 18.8. The van der Waals surface area contributed by atoms with Gasteiger partial charge in [0.1, 0.15) is 11.6 Å². The van der Waals surface area contributed by atoms with E-state index in [2.05, 4.69) is 15.1 Å². The topological polar surface area (TPSA) is 122 Å². The van der Waals surface area contributed by atoms with Crippen molar-refractivity contribution >= 4 is 33.6 Å². The number of carbonyl (C=O) groups is 1. The Hall–Kier alpha value is -4.86. The molecule has 202 valence electrons. The lowest BCUT2D eigenvalue weighted by Gasteiger charge is -2.18. The first-order valence-corrected chi connectivity index (χ1v) is 13.0. The lowest BCUT2D eigenvalue weighted by atomic mass is 9.95. The van der Waals surface area contributed by atoms with Gasteiger partial charge in [-0.1, -0.05) is 23.4 Å². The average Bonchev–Trinajstić information content (AvgIpc) is 3.57. The number of aromatic amines is 1. The van der Waals surface area contributed by atoms with Gasteiger partial charge in [0.2, 0.25) is 0 Å². The molecule has 6 rings (SSSR count). The van der Waals surface area contributed by atoms with Gasteiger partial charge in [0.15, 0.2) is 11.4 Å². The SMILES string of the molecule is CC1(c2nc3ccccc3[nH]2)CC(c2ccc3c(=O)n(-c4ccc(F)cc4)c(CCCCC(=O)O)nc3c2)=NO1. The molecule has 0 amide bonds. The van der Waals surface area contributed by atoms with E-state index >= 15 is 0 Å². The summed E-state index contributed by atoms with van der Waals surface area (Å²) >= 11 is 0. The molecular weight excluding hydrogens is 513 g/mol. The van der Waals surface area contributed by atoms with Crippen molar-refractivity contribution in [1.82, 2.24) is 19.5 Å². The van der Waals surface area contributed by atoms with E-state index in [9.17, 15) is 14.0 Å². The molecule has 2 aromatic heterocycles. The summed E-state index contributed by atoms with van der Waals surface area (Å²) in [5.41, 5.74) is 3.17. The van der Waals surface area contributed by atoms with Gasteiger partial charge in [0.25, 0.3) is 5.56 Å². The summed E-state index contributed by atoms with van der Waals surface area (Å²) < 4.78 is 15.1. The van der Waals surface area contributed by atoms with Crippen LogP contribution in [0.4, 0.5) is 4.39 Å². The van der Waals surface area contributed by atoms with Crippen LogP contribution in [0.15, 0.2) is 76.7 Å². The number of carboxylic acids is 1. The minimum absolute atomic E-state index is 0.0301. The molecule has 3 heterocycles. The number of imidazole rings is 1. The van der Waals surface area contributed by atoms with Crippen molar-refractivity contribution in [3.05, 3.63) is 100 Å². The molecule has 3 aromatic carbocycles. The molecule has 0 saturated carbocycles. The maximum atomic E-state index is 13.6. The number of carboxylic acid groups (broad SMARTS) is 1. The Morgan fingerprint density at radius 2 is 1.88 bits per heavy atom. The number of halogens is 1. The van der Waals surface area contributed by atoms with Crippen LogP contribution in [-0.4, -0.2) is 36.3 Å². The van der Waals surface area contributed by atoms with Crippen LogP contribution in [-0.2, 0) is 21.7 Å². The molecule has 1 atom stereocenters. The first kappa shape index (κ1) is 25.4. The van der Waals surface area contributed by atoms with Crippen LogP contribution >= 0.6 is 0 Å². The minimum Gasteiger partial charge on any atom is -0.481 e. The lowest BCUT2D eigenvalue weighted by Crippen LogP contribution is -2.25. The van der Waals surface area contributed by atoms with Gasteiger partial charge in [-0.3, -0.25) is 14.2 Å². The van der Waals surface area contributed by atoms with Gasteiger partial charge in [-0.25, -0.2) is 14.4 Å². The van der Waals surface area contributed by atoms with Gasteiger partial charge in [-0.05, 0) is 68.3 Å². The fourth-order valence-electron chi connectivity index (χ4n) is 5.02. The van der Waals surface area contributed by atoms with Crippen molar-refractivity contribution in [2.75, 3.05) is 0 Å². The molecule has 0 spiro atoms. The highest BCUT2D eigenvalue weighted by atomic mass is 19.1. The van der Waals surface area contributed by atoms with E-state index in [0.29, 0.717) is 59.6 Å². The Morgan fingerprint density at radius 3 is 2.65 bits per heavy atom. The number of H-pyrrole nitrogens is 1. The Labute approximate surface area is 228 Å². The number of oxime groups is 1. The van der Waals surface area contributed by atoms with E-state index in [1.54, 1.807) is 6.07 Å². The van der Waals surface area contributed by atoms with Gasteiger partial charge in [0.05, 0.1) is 33.3 Å². The molecule has 1 aliphatic heterocycles. The third-order valence-electron chi connectivity index (χ3n) is 7.15. The second-order valence-corrected chi connectivity index (χ2v) is 10.1. The molecule has 5 aromatic rings. The number of aromatic nitrogens is 4. The number of para-hydroxylation sites is 2. The number of hydrogen-bond acceptors (Lipinski definition) is 6. The molecule has 1 unspecified atom stereocenters. The number of nitrogens with zero attached hydrogens (tertiary/aromatic N) is 4. The van der Waals surface area contributed by atoms with Crippen molar-refractivity contribution < 1.29 is 19.1 Å². The van der Waals surface area contributed by atoms with Crippen LogP contribution in [0.5, 0.6) is 0 Å². The molecular formula is C30H26FN5O4. The predicted molar refractivity (Wildman–Crippen MR) is 148 cm³/mol. The van der Waals surface area contributed by atoms with Crippen molar-refractivity contribution in [2.24, 2.45) is 5.16 Å². The first-order chi connectivity index (χ1) is 19.3. The van der Waals surface area contributed by atoms with Crippen molar-refractivity contribution in [3.63, 3.8) is 0 Å². The number of rotatable bonds is 8. The third-order valence-corrected chi connectivity index (χ3v) is 7.15. The second-order valence-electron chi connectivity index (χ2n) is 10.1. The molecule has 9 nitrogen and oxygen atoms in total. The average molecular weight is 540 g/mol. The van der Waals surface area contributed by atoms with Gasteiger partial charge in [0, 0.05) is 24.8 Å². The Balaban J connectivity index is 1.34. The number of fused-ring (bicyclic) bond motifs is 2. The van der Waals surface area contributed by atoms with Crippen LogP contribution in [0.3, 0.4) is 0 Å². The zero-order chi connectivity index (χ0) is 27.9. The Kier molecular flexibility index (Phi) is 6.37. The zero-order valence-corrected chi connectivity index (χ0v) is 21.7. The fraction of sp³-hybridized carbons (Fsp3) is 0.233. The summed E-state index contributed by atoms with van der Waals surface area (Å²) in [5, 5.41) is 13.8. The monoisotopic (exact) mass is 539 g/mol. The van der Waals surface area contributed by atoms with E-state index in [0.717, 1.165) is 16.6 Å². The van der Waals surface area contributed by atoms with Crippen molar-refractivity contribution in [3.8, 4) is 5.69 Å². The summed E-state index contributed by atoms with van der Waals surface area (Å²) in [5.74, 6) is -0.130. The van der Waals surface area contributed by atoms with Crippen LogP contribution < -0.4 is 5.56 Å². The molecule has 0 radical (unpaired) electrons. The van der Waals surface area contributed by atoms with E-state index in [1.807, 2.05) is 43.3 Å². The number of benzene rings is 3. The standard InChI is InChI=1S/C30H26FN5O4/c1-30(29-33-22-6-2-3-7-23(22)34-29)17-25(35-40-30)18-10-15-21-24(16-18)32-26(8-4-5-9-27(37)38)36(28(21)39)20-13-11-19(31)12-14-20/h2-3,6-7,10-16H,4-5,8-9,17H2,1H3,(H,33,34)(H,37,38). The highest BCUT2D eigenvalue weighted by Crippen LogP contribution is 2.35. The van der Waals surface area contributed by atoms with E-state index < -0.39 is 17.4 Å². The number of aliphatic carboxylic acids is 1. The minimum atomic E-state index is -0.874. The summed E-state index contributed by atoms with van der Waals surface area (Å²) in [6.45, 7) is 1.93. The maximum absolute atomic E-state index is 13.6. The number of unbranched alkanes of at least 4 members (excludes halogenated alkanes) is 1. The van der Waals surface area contributed by atoms with Gasteiger partial charge in [-0.2, -0.15) is 0 Å². The summed E-state index contributed by atoms with van der Waals surface area (Å²) in [6.07, 6.45) is 1.85. The fourth-order valence-corrected chi connectivity index (χ4v) is 5.02. The highest BCUT2D eigenvalue weighted by Gasteiger charge is 2.39. The van der Waals surface area contributed by atoms with E-state index in [1.165, 1.54) is 28.8 Å². The molecule has 2 N–H and O–H groups in total. The van der Waals surface area contributed by atoms with Crippen LogP contribution in [0.2, 0.25) is 0 Å². The van der Waals surface area contributed by atoms with Crippen LogP contribution in [0.1, 0.15) is 49.8 Å². The van der Waals surface area contributed by atoms with Crippen LogP contribution in [0, 0.1) is 5.82 Å². The van der Waals surface area contributed by atoms with Crippen molar-refractivity contribution in [1.29, 1.82) is 0 Å². The zero-order valence-electron chi connectivity index (χ0n) is 21.7. The smallest absolute Gasteiger partial charge is 0.303 e. The van der Waals surface area contributed by atoms with Gasteiger partial charge >= 0.3 is 5.97 Å². The molecule has 1 aliphatic rings. The third kappa shape index (κ3) is 4.72. The Morgan fingerprint density at radius 1 is 1.07 bits per heavy atom. The quantitative estimate of drug-likeness (QED) is 0.260. The van der Waals surface area contributed by atoms with Gasteiger partial charge in [-0.15, -0.1) is 0 Å². The van der Waals surface area contributed by atoms with E-state index in [4.69, 9.17) is 14.9 Å². The summed E-state index contributed by atoms with van der Waals surface area (Å²) in [4.78, 5) is 43.3. The molecule has 10 heteroatoms. The van der Waals surface area contributed by atoms with Gasteiger partial charge < -0.3 is 14.9 Å². The predicted octanol–water partition coefficient (Wildman–Crippen LogP) is 5.24. The molecule has 0 bridgehead atoms. The Bertz CT molecular complexity index is 1810. The van der Waals surface area contributed by atoms with Crippen molar-refractivity contribution in [2.45, 2.75) is 44.6 Å². The number of nitrogens with one attached hydrogen (secondary N) is 1. The molecule has 40 heavy (non-hydrogen) atoms. The largest absolute Gasteiger partial charge is 0.481 e. The van der Waals surface area contributed by atoms with E-state index in [-0.39, 0.29) is 12.0 Å². The molecule has 0 aliphatic carbocycles. The highest BCUT2D eigenvalue weighted by molar-refractivity contribution is 6.04. The molecule has 0 fully saturated rings. The van der Waals surface area contributed by atoms with Crippen LogP contribution in [0.25, 0.3) is 27.6 Å². The lowest BCUT2D eigenvalue weighted by molar-refractivity contribution is -0.137. The number of hydrogen-bond donors (Lipinski definition) is 2. The second kappa shape index (κ2) is 10.0. The first-order valence-electron chi connectivity index (χ1n) is 13.0. The molecule has 0 saturated heterocycles.